The molecule has 5 heteroatoms. The van der Waals surface area contributed by atoms with Gasteiger partial charge in [0.1, 0.15) is 11.6 Å². The van der Waals surface area contributed by atoms with Crippen LogP contribution in [0.25, 0.3) is 0 Å². The first-order valence-corrected chi connectivity index (χ1v) is 6.03. The third-order valence-corrected chi connectivity index (χ3v) is 3.09. The molecule has 0 bridgehead atoms. The molecule has 2 nitrogen and oxygen atoms in total. The Labute approximate surface area is 115 Å². The number of hydrogen-bond donors (Lipinski definition) is 1. The van der Waals surface area contributed by atoms with E-state index in [0.717, 1.165) is 12.1 Å². The van der Waals surface area contributed by atoms with Crippen LogP contribution in [0, 0.1) is 17.5 Å². The molecule has 1 unspecified atom stereocenters. The Morgan fingerprint density at radius 3 is 2.40 bits per heavy atom. The third kappa shape index (κ3) is 2.63. The van der Waals surface area contributed by atoms with Crippen molar-refractivity contribution in [2.45, 2.75) is 6.04 Å². The van der Waals surface area contributed by atoms with Crippen LogP contribution in [0.4, 0.5) is 13.2 Å². The summed E-state index contributed by atoms with van der Waals surface area (Å²) < 4.78 is 46.0. The molecule has 2 rings (SSSR count). The summed E-state index contributed by atoms with van der Waals surface area (Å²) in [5, 5.41) is 2.83. The van der Waals surface area contributed by atoms with Gasteiger partial charge in [0.15, 0.2) is 11.6 Å². The van der Waals surface area contributed by atoms with Crippen LogP contribution < -0.4 is 10.1 Å². The summed E-state index contributed by atoms with van der Waals surface area (Å²) in [6.07, 6.45) is 0. The zero-order chi connectivity index (χ0) is 14.7. The maximum Gasteiger partial charge on any atom is 0.170 e. The molecule has 0 saturated carbocycles. The Kier molecular flexibility index (Phi) is 4.29. The molecule has 0 aliphatic carbocycles. The van der Waals surface area contributed by atoms with Gasteiger partial charge in [-0.1, -0.05) is 18.2 Å². The lowest BCUT2D eigenvalue weighted by molar-refractivity contribution is 0.382. The van der Waals surface area contributed by atoms with Crippen LogP contribution in [0.15, 0.2) is 36.4 Å². The molecule has 0 amide bonds. The van der Waals surface area contributed by atoms with E-state index in [1.807, 2.05) is 0 Å². The number of halogens is 3. The summed E-state index contributed by atoms with van der Waals surface area (Å²) >= 11 is 0. The van der Waals surface area contributed by atoms with Crippen LogP contribution in [0.1, 0.15) is 17.2 Å². The maximum absolute atomic E-state index is 14.2. The van der Waals surface area contributed by atoms with E-state index in [0.29, 0.717) is 0 Å². The summed E-state index contributed by atoms with van der Waals surface area (Å²) in [5.74, 6) is -1.90. The molecule has 1 N–H and O–H groups in total. The molecule has 1 atom stereocenters. The van der Waals surface area contributed by atoms with Gasteiger partial charge in [-0.2, -0.15) is 0 Å². The van der Waals surface area contributed by atoms with Gasteiger partial charge in [0.25, 0.3) is 0 Å². The molecule has 0 fully saturated rings. The van der Waals surface area contributed by atoms with Gasteiger partial charge in [0.2, 0.25) is 0 Å². The first kappa shape index (κ1) is 14.4. The Morgan fingerprint density at radius 2 is 1.80 bits per heavy atom. The summed E-state index contributed by atoms with van der Waals surface area (Å²) in [6, 6.07) is 7.10. The van der Waals surface area contributed by atoms with E-state index in [1.54, 1.807) is 13.1 Å². The number of ether oxygens (including phenoxy) is 1. The lowest BCUT2D eigenvalue weighted by Crippen LogP contribution is -2.20. The van der Waals surface area contributed by atoms with Crippen LogP contribution in [0.5, 0.6) is 5.75 Å². The number of rotatable bonds is 4. The SMILES string of the molecule is CNC(c1ccc(F)cc1F)c1cccc(OC)c1F. The highest BCUT2D eigenvalue weighted by Crippen LogP contribution is 2.30. The molecule has 0 saturated heterocycles. The fourth-order valence-electron chi connectivity index (χ4n) is 2.12. The Balaban J connectivity index is 2.52. The molecule has 2 aromatic carbocycles. The molecular formula is C15H14F3NO. The van der Waals surface area contributed by atoms with Crippen LogP contribution in [-0.2, 0) is 0 Å². The maximum atomic E-state index is 14.2. The fourth-order valence-corrected chi connectivity index (χ4v) is 2.12. The van der Waals surface area contributed by atoms with Gasteiger partial charge < -0.3 is 10.1 Å². The van der Waals surface area contributed by atoms with Gasteiger partial charge in [-0.25, -0.2) is 13.2 Å². The van der Waals surface area contributed by atoms with Crippen molar-refractivity contribution in [2.75, 3.05) is 14.2 Å². The van der Waals surface area contributed by atoms with Crippen molar-refractivity contribution >= 4 is 0 Å². The van der Waals surface area contributed by atoms with Gasteiger partial charge in [-0.3, -0.25) is 0 Å². The normalized spacial score (nSPS) is 12.2. The minimum Gasteiger partial charge on any atom is -0.494 e. The van der Waals surface area contributed by atoms with Crippen LogP contribution in [-0.4, -0.2) is 14.2 Å². The van der Waals surface area contributed by atoms with Gasteiger partial charge in [0.05, 0.1) is 13.2 Å². The molecule has 106 valence electrons. The quantitative estimate of drug-likeness (QED) is 0.927. The zero-order valence-electron chi connectivity index (χ0n) is 11.1. The molecule has 0 aromatic heterocycles. The van der Waals surface area contributed by atoms with E-state index in [-0.39, 0.29) is 16.9 Å². The van der Waals surface area contributed by atoms with Crippen molar-refractivity contribution in [3.8, 4) is 5.75 Å². The highest BCUT2D eigenvalue weighted by Gasteiger charge is 2.21. The van der Waals surface area contributed by atoms with E-state index >= 15 is 0 Å². The lowest BCUT2D eigenvalue weighted by atomic mass is 9.97. The van der Waals surface area contributed by atoms with Gasteiger partial charge in [-0.15, -0.1) is 0 Å². The summed E-state index contributed by atoms with van der Waals surface area (Å²) in [5.41, 5.74) is 0.401. The molecule has 0 radical (unpaired) electrons. The largest absolute Gasteiger partial charge is 0.494 e. The molecule has 0 heterocycles. The van der Waals surface area contributed by atoms with E-state index in [4.69, 9.17) is 4.74 Å². The molecule has 20 heavy (non-hydrogen) atoms. The zero-order valence-corrected chi connectivity index (χ0v) is 11.1. The molecule has 0 aliphatic rings. The number of hydrogen-bond acceptors (Lipinski definition) is 2. The van der Waals surface area contributed by atoms with Crippen LogP contribution in [0.2, 0.25) is 0 Å². The predicted molar refractivity (Wildman–Crippen MR) is 70.2 cm³/mol. The Hall–Kier alpha value is -2.01. The molecule has 0 aliphatic heterocycles. The highest BCUT2D eigenvalue weighted by atomic mass is 19.1. The van der Waals surface area contributed by atoms with Gasteiger partial charge in [0, 0.05) is 17.2 Å². The molecule has 2 aromatic rings. The van der Waals surface area contributed by atoms with Crippen molar-refractivity contribution in [1.82, 2.24) is 5.32 Å². The first-order chi connectivity index (χ1) is 9.58. The van der Waals surface area contributed by atoms with Gasteiger partial charge in [-0.05, 0) is 19.2 Å². The Morgan fingerprint density at radius 1 is 1.05 bits per heavy atom. The van der Waals surface area contributed by atoms with Crippen molar-refractivity contribution in [2.24, 2.45) is 0 Å². The molecular weight excluding hydrogens is 267 g/mol. The van der Waals surface area contributed by atoms with Crippen molar-refractivity contribution < 1.29 is 17.9 Å². The third-order valence-electron chi connectivity index (χ3n) is 3.09. The average molecular weight is 281 g/mol. The second-order valence-corrected chi connectivity index (χ2v) is 4.25. The predicted octanol–water partition coefficient (Wildman–Crippen LogP) is 3.42. The van der Waals surface area contributed by atoms with E-state index < -0.39 is 23.5 Å². The van der Waals surface area contributed by atoms with Crippen LogP contribution in [0.3, 0.4) is 0 Å². The van der Waals surface area contributed by atoms with Crippen molar-refractivity contribution in [3.05, 3.63) is 65.0 Å². The fraction of sp³-hybridized carbons (Fsp3) is 0.200. The second-order valence-electron chi connectivity index (χ2n) is 4.25. The topological polar surface area (TPSA) is 21.3 Å². The second kappa shape index (κ2) is 5.96. The number of benzene rings is 2. The first-order valence-electron chi connectivity index (χ1n) is 6.03. The summed E-state index contributed by atoms with van der Waals surface area (Å²) in [4.78, 5) is 0. The number of nitrogens with one attached hydrogen (secondary N) is 1. The average Bonchev–Trinajstić information content (AvgIpc) is 2.43. The monoisotopic (exact) mass is 281 g/mol. The van der Waals surface area contributed by atoms with Gasteiger partial charge >= 0.3 is 0 Å². The van der Waals surface area contributed by atoms with Crippen LogP contribution >= 0.6 is 0 Å². The van der Waals surface area contributed by atoms with Crippen molar-refractivity contribution in [3.63, 3.8) is 0 Å². The standard InChI is InChI=1S/C15H14F3NO/c1-19-15(10-7-6-9(16)8-12(10)17)11-4-3-5-13(20-2)14(11)18/h3-8,15,19H,1-2H3. The van der Waals surface area contributed by atoms with E-state index in [2.05, 4.69) is 5.32 Å². The smallest absolute Gasteiger partial charge is 0.170 e. The molecule has 0 spiro atoms. The minimum atomic E-state index is -0.731. The summed E-state index contributed by atoms with van der Waals surface area (Å²) in [7, 11) is 2.93. The summed E-state index contributed by atoms with van der Waals surface area (Å²) in [6.45, 7) is 0. The number of methoxy groups -OCH3 is 1. The van der Waals surface area contributed by atoms with Crippen molar-refractivity contribution in [1.29, 1.82) is 0 Å². The van der Waals surface area contributed by atoms with E-state index in [9.17, 15) is 13.2 Å². The highest BCUT2D eigenvalue weighted by molar-refractivity contribution is 5.39. The Bertz CT molecular complexity index is 616. The van der Waals surface area contributed by atoms with E-state index in [1.165, 1.54) is 25.3 Å². The minimum absolute atomic E-state index is 0.0743. The lowest BCUT2D eigenvalue weighted by Gasteiger charge is -2.19.